The molecule has 1 aliphatic rings. The predicted octanol–water partition coefficient (Wildman–Crippen LogP) is 1.69. The van der Waals surface area contributed by atoms with Crippen molar-refractivity contribution in [2.24, 2.45) is 0 Å². The van der Waals surface area contributed by atoms with E-state index in [9.17, 15) is 5.11 Å². The standard InChI is InChI=1S/C11H15NO3.ClH/c1-7(12-2)5-8-3-4-9-11(10(8)13)15-6-14-9;/h3-4,7,12-13H,5-6H2,1-2H3;1H/t7-;/m1./s1/i2D3;. The van der Waals surface area contributed by atoms with Gasteiger partial charge in [-0.15, -0.1) is 12.4 Å². The number of phenols is 1. The highest BCUT2D eigenvalue weighted by atomic mass is 35.5. The molecule has 0 saturated carbocycles. The molecule has 1 aliphatic heterocycles. The van der Waals surface area contributed by atoms with E-state index >= 15 is 0 Å². The van der Waals surface area contributed by atoms with E-state index in [0.717, 1.165) is 0 Å². The van der Waals surface area contributed by atoms with Crippen LogP contribution in [0.2, 0.25) is 0 Å². The van der Waals surface area contributed by atoms with Crippen molar-refractivity contribution in [1.29, 1.82) is 0 Å². The molecule has 0 unspecified atom stereocenters. The molecule has 0 amide bonds. The molecular weight excluding hydrogens is 230 g/mol. The van der Waals surface area contributed by atoms with E-state index in [2.05, 4.69) is 5.32 Å². The topological polar surface area (TPSA) is 50.7 Å². The number of hydrogen-bond acceptors (Lipinski definition) is 4. The molecule has 0 spiro atoms. The number of hydrogen-bond donors (Lipinski definition) is 2. The Balaban J connectivity index is 0.00000180. The van der Waals surface area contributed by atoms with E-state index in [-0.39, 0.29) is 31.0 Å². The number of nitrogens with one attached hydrogen (secondary N) is 1. The van der Waals surface area contributed by atoms with Crippen LogP contribution in [-0.2, 0) is 6.42 Å². The highest BCUT2D eigenvalue weighted by molar-refractivity contribution is 5.85. The molecule has 1 aromatic carbocycles. The Morgan fingerprint density at radius 1 is 1.56 bits per heavy atom. The summed E-state index contributed by atoms with van der Waals surface area (Å²) in [5.74, 6) is 0.852. The molecule has 1 heterocycles. The van der Waals surface area contributed by atoms with Gasteiger partial charge in [-0.3, -0.25) is 0 Å². The molecule has 90 valence electrons. The Labute approximate surface area is 105 Å². The second-order valence-electron chi connectivity index (χ2n) is 3.56. The zero-order valence-corrected chi connectivity index (χ0v) is 9.63. The van der Waals surface area contributed by atoms with Gasteiger partial charge in [-0.2, -0.15) is 0 Å². The molecule has 0 fully saturated rings. The van der Waals surface area contributed by atoms with E-state index in [1.165, 1.54) is 0 Å². The SMILES string of the molecule is Cl.[2H]C([2H])([2H])N[C@H](C)Cc1ccc2c(c1O)OCO2. The Bertz CT molecular complexity index is 454. The maximum absolute atomic E-state index is 9.98. The first kappa shape index (κ1) is 8.96. The normalized spacial score (nSPS) is 17.9. The van der Waals surface area contributed by atoms with Crippen LogP contribution in [0.25, 0.3) is 0 Å². The maximum Gasteiger partial charge on any atom is 0.231 e. The van der Waals surface area contributed by atoms with Crippen LogP contribution in [0.1, 0.15) is 16.6 Å². The highest BCUT2D eigenvalue weighted by Crippen LogP contribution is 2.42. The van der Waals surface area contributed by atoms with Crippen LogP contribution in [-0.4, -0.2) is 24.9 Å². The molecule has 0 aliphatic carbocycles. The monoisotopic (exact) mass is 248 g/mol. The molecule has 2 rings (SSSR count). The number of ether oxygens (including phenoxy) is 2. The van der Waals surface area contributed by atoms with Gasteiger partial charge in [-0.05, 0) is 32.0 Å². The molecule has 16 heavy (non-hydrogen) atoms. The third kappa shape index (κ3) is 2.33. The zero-order valence-electron chi connectivity index (χ0n) is 11.8. The van der Waals surface area contributed by atoms with Gasteiger partial charge in [0.25, 0.3) is 0 Å². The lowest BCUT2D eigenvalue weighted by molar-refractivity contribution is 0.171. The van der Waals surface area contributed by atoms with Crippen molar-refractivity contribution in [3.05, 3.63) is 17.7 Å². The number of aromatic hydroxyl groups is 1. The van der Waals surface area contributed by atoms with Crippen LogP contribution in [0, 0.1) is 0 Å². The summed E-state index contributed by atoms with van der Waals surface area (Å²) in [7, 11) is 0. The van der Waals surface area contributed by atoms with Crippen molar-refractivity contribution in [2.75, 3.05) is 13.8 Å². The molecule has 1 aromatic rings. The number of fused-ring (bicyclic) bond motifs is 1. The molecule has 0 aromatic heterocycles. The summed E-state index contributed by atoms with van der Waals surface area (Å²) in [4.78, 5) is 0. The summed E-state index contributed by atoms with van der Waals surface area (Å²) in [6.45, 7) is -0.350. The Morgan fingerprint density at radius 3 is 3.12 bits per heavy atom. The van der Waals surface area contributed by atoms with Crippen molar-refractivity contribution >= 4 is 12.4 Å². The van der Waals surface area contributed by atoms with Gasteiger partial charge in [-0.25, -0.2) is 0 Å². The van der Waals surface area contributed by atoms with E-state index < -0.39 is 6.98 Å². The van der Waals surface area contributed by atoms with Crippen molar-refractivity contribution < 1.29 is 18.7 Å². The molecule has 0 bridgehead atoms. The summed E-state index contributed by atoms with van der Waals surface area (Å²) in [6, 6.07) is 3.13. The lowest BCUT2D eigenvalue weighted by Crippen LogP contribution is -2.23. The fourth-order valence-corrected chi connectivity index (χ4v) is 1.54. The average Bonchev–Trinajstić information content (AvgIpc) is 2.68. The number of halogens is 1. The summed E-state index contributed by atoms with van der Waals surface area (Å²) in [5, 5.41) is 12.5. The fraction of sp³-hybridized carbons (Fsp3) is 0.455. The molecule has 4 nitrogen and oxygen atoms in total. The highest BCUT2D eigenvalue weighted by Gasteiger charge is 2.20. The number of phenolic OH excluding ortho intramolecular Hbond substituents is 1. The zero-order chi connectivity index (χ0) is 13.3. The van der Waals surface area contributed by atoms with E-state index in [1.54, 1.807) is 19.1 Å². The van der Waals surface area contributed by atoms with Gasteiger partial charge in [-0.1, -0.05) is 6.07 Å². The van der Waals surface area contributed by atoms with Crippen LogP contribution in [0.4, 0.5) is 0 Å². The van der Waals surface area contributed by atoms with Gasteiger partial charge in [0.2, 0.25) is 12.5 Å². The Morgan fingerprint density at radius 2 is 2.38 bits per heavy atom. The van der Waals surface area contributed by atoms with Crippen LogP contribution in [0.3, 0.4) is 0 Å². The second kappa shape index (κ2) is 5.27. The molecular formula is C11H16ClNO3. The van der Waals surface area contributed by atoms with Crippen LogP contribution >= 0.6 is 12.4 Å². The molecule has 1 atom stereocenters. The lowest BCUT2D eigenvalue weighted by atomic mass is 10.1. The smallest absolute Gasteiger partial charge is 0.231 e. The van der Waals surface area contributed by atoms with Gasteiger partial charge in [0.15, 0.2) is 11.5 Å². The van der Waals surface area contributed by atoms with Crippen LogP contribution < -0.4 is 14.8 Å². The quantitative estimate of drug-likeness (QED) is 0.855. The molecule has 0 saturated heterocycles. The summed E-state index contributed by atoms with van der Waals surface area (Å²) < 4.78 is 31.6. The predicted molar refractivity (Wildman–Crippen MR) is 63.7 cm³/mol. The van der Waals surface area contributed by atoms with Gasteiger partial charge in [0.05, 0.1) is 0 Å². The third-order valence-electron chi connectivity index (χ3n) is 2.37. The molecule has 0 radical (unpaired) electrons. The Kier molecular flexibility index (Phi) is 2.95. The van der Waals surface area contributed by atoms with Gasteiger partial charge in [0.1, 0.15) is 0 Å². The van der Waals surface area contributed by atoms with E-state index in [4.69, 9.17) is 13.6 Å². The van der Waals surface area contributed by atoms with Gasteiger partial charge in [0, 0.05) is 10.2 Å². The molecule has 2 N–H and O–H groups in total. The summed E-state index contributed by atoms with van der Waals surface area (Å²) in [5.41, 5.74) is 0.628. The van der Waals surface area contributed by atoms with Crippen molar-refractivity contribution in [3.63, 3.8) is 0 Å². The number of rotatable bonds is 3. The van der Waals surface area contributed by atoms with Crippen molar-refractivity contribution in [1.82, 2.24) is 5.32 Å². The minimum atomic E-state index is -2.19. The third-order valence-corrected chi connectivity index (χ3v) is 2.37. The van der Waals surface area contributed by atoms with Crippen LogP contribution in [0.5, 0.6) is 17.2 Å². The Hall–Kier alpha value is -1.13. The number of benzene rings is 1. The minimum absolute atomic E-state index is 0. The second-order valence-corrected chi connectivity index (χ2v) is 3.56. The number of likely N-dealkylation sites (N-methyl/N-ethyl adjacent to an activating group) is 1. The summed E-state index contributed by atoms with van der Waals surface area (Å²) >= 11 is 0. The van der Waals surface area contributed by atoms with Gasteiger partial charge < -0.3 is 19.9 Å². The first-order valence-corrected chi connectivity index (χ1v) is 4.75. The molecule has 5 heteroatoms. The fourth-order valence-electron chi connectivity index (χ4n) is 1.54. The first-order chi connectivity index (χ1) is 8.37. The van der Waals surface area contributed by atoms with Crippen LogP contribution in [0.15, 0.2) is 12.1 Å². The summed E-state index contributed by atoms with van der Waals surface area (Å²) in [6.07, 6.45) is 0.390. The van der Waals surface area contributed by atoms with E-state index in [0.29, 0.717) is 23.5 Å². The lowest BCUT2D eigenvalue weighted by Gasteiger charge is -2.12. The van der Waals surface area contributed by atoms with Crippen molar-refractivity contribution in [2.45, 2.75) is 19.4 Å². The minimum Gasteiger partial charge on any atom is -0.504 e. The average molecular weight is 249 g/mol. The van der Waals surface area contributed by atoms with Crippen molar-refractivity contribution in [3.8, 4) is 17.2 Å². The largest absolute Gasteiger partial charge is 0.504 e. The van der Waals surface area contributed by atoms with Gasteiger partial charge >= 0.3 is 0 Å². The maximum atomic E-state index is 9.98. The first-order valence-electron chi connectivity index (χ1n) is 6.25. The van der Waals surface area contributed by atoms with E-state index in [1.807, 2.05) is 0 Å².